The average Bonchev–Trinajstić information content (AvgIpc) is 2.68. The van der Waals surface area contributed by atoms with Gasteiger partial charge >= 0.3 is 6.03 Å². The lowest BCUT2D eigenvalue weighted by molar-refractivity contribution is 0.251. The van der Waals surface area contributed by atoms with Gasteiger partial charge in [0.15, 0.2) is 0 Å². The Morgan fingerprint density at radius 3 is 2.59 bits per heavy atom. The van der Waals surface area contributed by atoms with Gasteiger partial charge in [0.2, 0.25) is 0 Å². The molecule has 0 saturated carbocycles. The number of hydrogen-bond acceptors (Lipinski definition) is 4. The Hall–Kier alpha value is -3.39. The van der Waals surface area contributed by atoms with E-state index in [-0.39, 0.29) is 10.9 Å². The van der Waals surface area contributed by atoms with Crippen molar-refractivity contribution in [1.29, 1.82) is 0 Å². The molecule has 7 nitrogen and oxygen atoms in total. The van der Waals surface area contributed by atoms with E-state index in [2.05, 4.69) is 20.3 Å². The molecule has 0 aliphatic carbocycles. The van der Waals surface area contributed by atoms with Gasteiger partial charge in [0.25, 0.3) is 10.0 Å². The van der Waals surface area contributed by atoms with Crippen molar-refractivity contribution >= 4 is 27.4 Å². The summed E-state index contributed by atoms with van der Waals surface area (Å²) in [7, 11) is -3.69. The highest BCUT2D eigenvalue weighted by atomic mass is 32.2. The summed E-state index contributed by atoms with van der Waals surface area (Å²) >= 11 is 0. The molecule has 2 amide bonds. The number of anilines is 2. The SMILES string of the molecule is O=C1NCc2ccc(-c3cncc(NS(=O)(=O)c4ccccc4)c3)cc2N1. The number of pyridine rings is 1. The molecule has 0 unspecified atom stereocenters. The molecule has 3 N–H and O–H groups in total. The van der Waals surface area contributed by atoms with Crippen molar-refractivity contribution in [2.45, 2.75) is 11.4 Å². The molecule has 0 fully saturated rings. The van der Waals surface area contributed by atoms with Crippen LogP contribution in [0.1, 0.15) is 5.56 Å². The highest BCUT2D eigenvalue weighted by Gasteiger charge is 2.16. The van der Waals surface area contributed by atoms with Crippen LogP contribution in [-0.4, -0.2) is 19.4 Å². The number of nitrogens with one attached hydrogen (secondary N) is 3. The van der Waals surface area contributed by atoms with Crippen LogP contribution in [0.2, 0.25) is 0 Å². The van der Waals surface area contributed by atoms with E-state index in [0.29, 0.717) is 12.2 Å². The fourth-order valence-corrected chi connectivity index (χ4v) is 3.89. The van der Waals surface area contributed by atoms with Crippen molar-refractivity contribution in [3.63, 3.8) is 0 Å². The van der Waals surface area contributed by atoms with Crippen LogP contribution in [0.3, 0.4) is 0 Å². The zero-order valence-corrected chi connectivity index (χ0v) is 15.0. The Labute approximate surface area is 156 Å². The van der Waals surface area contributed by atoms with Crippen LogP contribution < -0.4 is 15.4 Å². The summed E-state index contributed by atoms with van der Waals surface area (Å²) in [5.74, 6) is 0. The van der Waals surface area contributed by atoms with Crippen LogP contribution in [0.4, 0.5) is 16.2 Å². The summed E-state index contributed by atoms with van der Waals surface area (Å²) in [6.07, 6.45) is 3.10. The first-order chi connectivity index (χ1) is 13.0. The molecular formula is C19H16N4O3S. The first-order valence-corrected chi connectivity index (χ1v) is 9.71. The van der Waals surface area contributed by atoms with Crippen LogP contribution in [0, 0.1) is 0 Å². The van der Waals surface area contributed by atoms with Gasteiger partial charge in [0.1, 0.15) is 0 Å². The Morgan fingerprint density at radius 2 is 1.78 bits per heavy atom. The van der Waals surface area contributed by atoms with Crippen molar-refractivity contribution in [2.24, 2.45) is 0 Å². The smallest absolute Gasteiger partial charge is 0.319 e. The molecule has 8 heteroatoms. The van der Waals surface area contributed by atoms with Crippen molar-refractivity contribution < 1.29 is 13.2 Å². The standard InChI is InChI=1S/C19H16N4O3S/c24-19-21-11-14-7-6-13(9-18(14)22-19)15-8-16(12-20-10-15)23-27(25,26)17-4-2-1-3-5-17/h1-10,12,23H,11H2,(H2,21,22,24). The molecule has 1 aliphatic rings. The largest absolute Gasteiger partial charge is 0.334 e. The van der Waals surface area contributed by atoms with Crippen LogP contribution in [0.5, 0.6) is 0 Å². The molecule has 0 radical (unpaired) electrons. The lowest BCUT2D eigenvalue weighted by Gasteiger charge is -2.19. The third-order valence-electron chi connectivity index (χ3n) is 4.17. The van der Waals surface area contributed by atoms with Crippen molar-refractivity contribution in [1.82, 2.24) is 10.3 Å². The number of carbonyl (C=O) groups is 1. The minimum absolute atomic E-state index is 0.180. The number of nitrogens with zero attached hydrogens (tertiary/aromatic N) is 1. The molecule has 27 heavy (non-hydrogen) atoms. The summed E-state index contributed by atoms with van der Waals surface area (Å²) in [6, 6.07) is 15.3. The van der Waals surface area contributed by atoms with Gasteiger partial charge in [-0.1, -0.05) is 30.3 Å². The first-order valence-electron chi connectivity index (χ1n) is 8.22. The second-order valence-electron chi connectivity index (χ2n) is 6.06. The number of carbonyl (C=O) groups excluding carboxylic acids is 1. The summed E-state index contributed by atoms with van der Waals surface area (Å²) in [4.78, 5) is 15.8. The summed E-state index contributed by atoms with van der Waals surface area (Å²) in [6.45, 7) is 0.469. The van der Waals surface area contributed by atoms with Crippen molar-refractivity contribution in [3.8, 4) is 11.1 Å². The number of hydrogen-bond donors (Lipinski definition) is 3. The number of urea groups is 1. The highest BCUT2D eigenvalue weighted by Crippen LogP contribution is 2.28. The van der Waals surface area contributed by atoms with Crippen molar-refractivity contribution in [3.05, 3.63) is 72.6 Å². The van der Waals surface area contributed by atoms with Gasteiger partial charge < -0.3 is 10.6 Å². The Balaban J connectivity index is 1.64. The third kappa shape index (κ3) is 3.61. The van der Waals surface area contributed by atoms with Crippen LogP contribution in [0.25, 0.3) is 11.1 Å². The van der Waals surface area contributed by atoms with E-state index in [9.17, 15) is 13.2 Å². The summed E-state index contributed by atoms with van der Waals surface area (Å²) < 4.78 is 27.5. The lowest BCUT2D eigenvalue weighted by Crippen LogP contribution is -2.33. The number of benzene rings is 2. The van der Waals surface area contributed by atoms with E-state index in [1.54, 1.807) is 30.5 Å². The molecule has 2 aromatic carbocycles. The van der Waals surface area contributed by atoms with Gasteiger partial charge in [-0.05, 0) is 35.4 Å². The number of fused-ring (bicyclic) bond motifs is 1. The zero-order valence-electron chi connectivity index (χ0n) is 14.1. The van der Waals surface area contributed by atoms with E-state index >= 15 is 0 Å². The highest BCUT2D eigenvalue weighted by molar-refractivity contribution is 7.92. The maximum Gasteiger partial charge on any atom is 0.319 e. The van der Waals surface area contributed by atoms with E-state index in [4.69, 9.17) is 0 Å². The molecule has 0 saturated heterocycles. The number of aromatic nitrogens is 1. The Morgan fingerprint density at radius 1 is 0.963 bits per heavy atom. The Bertz CT molecular complexity index is 1110. The Kier molecular flexibility index (Phi) is 4.25. The second kappa shape index (κ2) is 6.73. The molecule has 1 aromatic heterocycles. The maximum absolute atomic E-state index is 12.5. The minimum atomic E-state index is -3.69. The molecule has 1 aliphatic heterocycles. The predicted octanol–water partition coefficient (Wildman–Crippen LogP) is 3.18. The molecular weight excluding hydrogens is 364 g/mol. The van der Waals surface area contributed by atoms with E-state index in [1.807, 2.05) is 18.2 Å². The normalized spacial score (nSPS) is 13.3. The van der Waals surface area contributed by atoms with Gasteiger partial charge in [0.05, 0.1) is 16.8 Å². The van der Waals surface area contributed by atoms with Gasteiger partial charge in [-0.2, -0.15) is 0 Å². The molecule has 0 bridgehead atoms. The topological polar surface area (TPSA) is 100 Å². The number of amides is 2. The molecule has 0 spiro atoms. The van der Waals surface area contributed by atoms with E-state index in [0.717, 1.165) is 22.4 Å². The fraction of sp³-hybridized carbons (Fsp3) is 0.0526. The van der Waals surface area contributed by atoms with E-state index < -0.39 is 10.0 Å². The van der Waals surface area contributed by atoms with Crippen LogP contribution >= 0.6 is 0 Å². The van der Waals surface area contributed by atoms with Gasteiger partial charge in [-0.3, -0.25) is 9.71 Å². The lowest BCUT2D eigenvalue weighted by atomic mass is 10.0. The molecule has 4 rings (SSSR count). The number of rotatable bonds is 4. The van der Waals surface area contributed by atoms with Gasteiger partial charge in [-0.25, -0.2) is 13.2 Å². The quantitative estimate of drug-likeness (QED) is 0.647. The van der Waals surface area contributed by atoms with Crippen LogP contribution in [0.15, 0.2) is 71.9 Å². The second-order valence-corrected chi connectivity index (χ2v) is 7.74. The van der Waals surface area contributed by atoms with Gasteiger partial charge in [0, 0.05) is 24.0 Å². The molecule has 3 aromatic rings. The van der Waals surface area contributed by atoms with Crippen molar-refractivity contribution in [2.75, 3.05) is 10.0 Å². The minimum Gasteiger partial charge on any atom is -0.334 e. The summed E-state index contributed by atoms with van der Waals surface area (Å²) in [5, 5.41) is 5.47. The fourth-order valence-electron chi connectivity index (χ4n) is 2.84. The zero-order chi connectivity index (χ0) is 18.9. The molecule has 2 heterocycles. The molecule has 0 atom stereocenters. The summed E-state index contributed by atoms with van der Waals surface area (Å²) in [5.41, 5.74) is 3.63. The average molecular weight is 380 g/mol. The molecule has 136 valence electrons. The predicted molar refractivity (Wildman–Crippen MR) is 103 cm³/mol. The number of sulfonamides is 1. The van der Waals surface area contributed by atoms with Crippen LogP contribution in [-0.2, 0) is 16.6 Å². The maximum atomic E-state index is 12.5. The van der Waals surface area contributed by atoms with E-state index in [1.165, 1.54) is 18.3 Å². The third-order valence-corrected chi connectivity index (χ3v) is 5.57. The first kappa shape index (κ1) is 17.0. The monoisotopic (exact) mass is 380 g/mol. The van der Waals surface area contributed by atoms with Gasteiger partial charge in [-0.15, -0.1) is 0 Å².